The largest absolute Gasteiger partial charge is 0.489 e. The van der Waals surface area contributed by atoms with Crippen molar-refractivity contribution in [3.05, 3.63) is 83.4 Å². The van der Waals surface area contributed by atoms with E-state index in [9.17, 15) is 18.0 Å². The third-order valence-corrected chi connectivity index (χ3v) is 5.98. The predicted molar refractivity (Wildman–Crippen MR) is 130 cm³/mol. The van der Waals surface area contributed by atoms with E-state index in [2.05, 4.69) is 9.72 Å². The van der Waals surface area contributed by atoms with Crippen LogP contribution in [0.15, 0.2) is 66.7 Å². The van der Waals surface area contributed by atoms with E-state index in [1.54, 1.807) is 26.4 Å². The van der Waals surface area contributed by atoms with Gasteiger partial charge in [-0.2, -0.15) is 13.2 Å². The van der Waals surface area contributed by atoms with Gasteiger partial charge in [0.15, 0.2) is 0 Å². The monoisotopic (exact) mass is 503 g/mol. The fourth-order valence-electron chi connectivity index (χ4n) is 3.21. The lowest BCUT2D eigenvalue weighted by Crippen LogP contribution is -2.03. The normalized spacial score (nSPS) is 11.1. The molecule has 184 valence electrons. The summed E-state index contributed by atoms with van der Waals surface area (Å²) in [5, 5.41) is 9.41. The number of rotatable bonds is 7. The summed E-state index contributed by atoms with van der Waals surface area (Å²) in [6, 6.07) is 18.0. The topological polar surface area (TPSA) is 68.7 Å². The zero-order valence-electron chi connectivity index (χ0n) is 19.1. The molecule has 0 fully saturated rings. The summed E-state index contributed by atoms with van der Waals surface area (Å²) in [7, 11) is 3.25. The summed E-state index contributed by atoms with van der Waals surface area (Å²) in [6.07, 6.45) is -3.83. The fraction of sp³-hybridized carbons (Fsp3) is 0.231. The van der Waals surface area contributed by atoms with Crippen molar-refractivity contribution >= 4 is 27.5 Å². The van der Waals surface area contributed by atoms with Gasteiger partial charge in [0.1, 0.15) is 17.4 Å². The number of fused-ring (bicyclic) bond motifs is 1. The van der Waals surface area contributed by atoms with E-state index in [4.69, 9.17) is 9.84 Å². The first-order valence-corrected chi connectivity index (χ1v) is 11.4. The summed E-state index contributed by atoms with van der Waals surface area (Å²) in [6.45, 7) is 0.280. The lowest BCUT2D eigenvalue weighted by molar-refractivity contribution is -0.138. The first-order valence-electron chi connectivity index (χ1n) is 10.6. The number of hydrogen-bond donors (Lipinski definition) is 1. The molecule has 0 unspecified atom stereocenters. The minimum absolute atomic E-state index is 0.0767. The predicted octanol–water partition coefficient (Wildman–Crippen LogP) is 6.84. The zero-order chi connectivity index (χ0) is 25.4. The number of ether oxygens (including phenoxy) is 2. The standard InChI is InChI=1S/C24H18F3NO3S.C2H6O/c25-24(26,27)18-9-7-16(8-10-18)23-28-22-17(2-1-3-20(22)32-23)14-31-19-11-4-15(5-12-19)6-13-21(29)30;1-3-2/h1-5,7-12H,6,13-14H2,(H,29,30);1-2H3. The Morgan fingerprint density at radius 2 is 1.66 bits per heavy atom. The van der Waals surface area contributed by atoms with Gasteiger partial charge in [0.2, 0.25) is 0 Å². The second-order valence-electron chi connectivity index (χ2n) is 7.59. The molecule has 4 rings (SSSR count). The Balaban J connectivity index is 0.00000108. The molecular formula is C26H24F3NO4S. The SMILES string of the molecule is COC.O=C(O)CCc1ccc(OCc2cccc3sc(-c4ccc(C(F)(F)F)cc4)nc23)cc1. The van der Waals surface area contributed by atoms with Crippen LogP contribution in [-0.2, 0) is 28.7 Å². The Kier molecular flexibility index (Phi) is 8.84. The molecule has 0 aliphatic heterocycles. The third kappa shape index (κ3) is 7.27. The number of methoxy groups -OCH3 is 1. The number of halogens is 3. The molecule has 1 N–H and O–H groups in total. The van der Waals surface area contributed by atoms with Crippen LogP contribution in [0, 0.1) is 0 Å². The maximum atomic E-state index is 12.8. The summed E-state index contributed by atoms with van der Waals surface area (Å²) < 4.78 is 49.5. The highest BCUT2D eigenvalue weighted by Gasteiger charge is 2.30. The van der Waals surface area contributed by atoms with Gasteiger partial charge in [-0.15, -0.1) is 11.3 Å². The molecular weight excluding hydrogens is 479 g/mol. The van der Waals surface area contributed by atoms with Crippen LogP contribution in [0.2, 0.25) is 0 Å². The lowest BCUT2D eigenvalue weighted by atomic mass is 10.1. The van der Waals surface area contributed by atoms with Crippen LogP contribution in [0.25, 0.3) is 20.8 Å². The Bertz CT molecular complexity index is 1250. The van der Waals surface area contributed by atoms with Crippen molar-refractivity contribution in [1.82, 2.24) is 4.98 Å². The Labute approximate surface area is 204 Å². The molecule has 0 amide bonds. The van der Waals surface area contributed by atoms with Crippen molar-refractivity contribution in [1.29, 1.82) is 0 Å². The average Bonchev–Trinajstić information content (AvgIpc) is 3.27. The minimum Gasteiger partial charge on any atom is -0.489 e. The van der Waals surface area contributed by atoms with E-state index in [0.29, 0.717) is 22.7 Å². The van der Waals surface area contributed by atoms with Gasteiger partial charge in [0.25, 0.3) is 0 Å². The number of benzene rings is 3. The Hall–Kier alpha value is -3.43. The van der Waals surface area contributed by atoms with Crippen molar-refractivity contribution in [2.24, 2.45) is 0 Å². The first-order chi connectivity index (χ1) is 16.7. The maximum absolute atomic E-state index is 12.8. The molecule has 0 radical (unpaired) electrons. The number of nitrogens with zero attached hydrogens (tertiary/aromatic N) is 1. The number of alkyl halides is 3. The molecule has 9 heteroatoms. The fourth-order valence-corrected chi connectivity index (χ4v) is 4.23. The highest BCUT2D eigenvalue weighted by molar-refractivity contribution is 7.21. The van der Waals surface area contributed by atoms with Crippen LogP contribution in [0.3, 0.4) is 0 Å². The number of carboxylic acid groups (broad SMARTS) is 1. The molecule has 0 bridgehead atoms. The second-order valence-corrected chi connectivity index (χ2v) is 8.62. The minimum atomic E-state index is -4.37. The van der Waals surface area contributed by atoms with Gasteiger partial charge in [-0.3, -0.25) is 4.79 Å². The smallest absolute Gasteiger partial charge is 0.416 e. The molecule has 1 aromatic heterocycles. The number of aliphatic carboxylic acids is 1. The molecule has 3 aromatic carbocycles. The Morgan fingerprint density at radius 3 is 2.26 bits per heavy atom. The number of carboxylic acids is 1. The maximum Gasteiger partial charge on any atom is 0.416 e. The number of hydrogen-bond acceptors (Lipinski definition) is 5. The van der Waals surface area contributed by atoms with Crippen molar-refractivity contribution in [3.8, 4) is 16.3 Å². The number of aryl methyl sites for hydroxylation is 1. The summed E-state index contributed by atoms with van der Waals surface area (Å²) in [5.41, 5.74) is 2.48. The van der Waals surface area contributed by atoms with Gasteiger partial charge in [0.05, 0.1) is 15.8 Å². The van der Waals surface area contributed by atoms with Crippen molar-refractivity contribution in [2.75, 3.05) is 14.2 Å². The molecule has 35 heavy (non-hydrogen) atoms. The van der Waals surface area contributed by atoms with E-state index in [1.807, 2.05) is 30.3 Å². The van der Waals surface area contributed by atoms with Crippen LogP contribution < -0.4 is 4.74 Å². The van der Waals surface area contributed by atoms with Crippen molar-refractivity contribution in [2.45, 2.75) is 25.6 Å². The van der Waals surface area contributed by atoms with E-state index in [1.165, 1.54) is 23.5 Å². The second kappa shape index (κ2) is 11.8. The number of para-hydroxylation sites is 1. The van der Waals surface area contributed by atoms with E-state index >= 15 is 0 Å². The van der Waals surface area contributed by atoms with E-state index in [-0.39, 0.29) is 13.0 Å². The highest BCUT2D eigenvalue weighted by atomic mass is 32.1. The first kappa shape index (κ1) is 26.2. The molecule has 0 aliphatic rings. The highest BCUT2D eigenvalue weighted by Crippen LogP contribution is 2.35. The molecule has 0 atom stereocenters. The third-order valence-electron chi connectivity index (χ3n) is 4.91. The summed E-state index contributed by atoms with van der Waals surface area (Å²) in [5.74, 6) is -0.184. The van der Waals surface area contributed by atoms with Gasteiger partial charge in [0, 0.05) is 31.8 Å². The van der Waals surface area contributed by atoms with Crippen LogP contribution in [0.1, 0.15) is 23.1 Å². The average molecular weight is 504 g/mol. The van der Waals surface area contributed by atoms with E-state index < -0.39 is 17.7 Å². The lowest BCUT2D eigenvalue weighted by Gasteiger charge is -2.08. The number of thiazole rings is 1. The van der Waals surface area contributed by atoms with Gasteiger partial charge < -0.3 is 14.6 Å². The molecule has 1 heterocycles. The summed E-state index contributed by atoms with van der Waals surface area (Å²) in [4.78, 5) is 15.3. The Morgan fingerprint density at radius 1 is 1.00 bits per heavy atom. The van der Waals surface area contributed by atoms with Crippen LogP contribution >= 0.6 is 11.3 Å². The quantitative estimate of drug-likeness (QED) is 0.299. The van der Waals surface area contributed by atoms with Gasteiger partial charge in [-0.1, -0.05) is 36.4 Å². The zero-order valence-corrected chi connectivity index (χ0v) is 19.9. The van der Waals surface area contributed by atoms with Gasteiger partial charge >= 0.3 is 12.1 Å². The number of aromatic nitrogens is 1. The van der Waals surface area contributed by atoms with Crippen LogP contribution in [0.4, 0.5) is 13.2 Å². The molecule has 4 aromatic rings. The van der Waals surface area contributed by atoms with Gasteiger partial charge in [-0.25, -0.2) is 4.98 Å². The van der Waals surface area contributed by atoms with Crippen molar-refractivity contribution in [3.63, 3.8) is 0 Å². The van der Waals surface area contributed by atoms with Crippen LogP contribution in [-0.4, -0.2) is 30.3 Å². The van der Waals surface area contributed by atoms with Crippen LogP contribution in [0.5, 0.6) is 5.75 Å². The van der Waals surface area contributed by atoms with E-state index in [0.717, 1.165) is 33.5 Å². The molecule has 0 spiro atoms. The van der Waals surface area contributed by atoms with Crippen molar-refractivity contribution < 1.29 is 32.5 Å². The summed E-state index contributed by atoms with van der Waals surface area (Å²) >= 11 is 1.41. The molecule has 0 saturated heterocycles. The van der Waals surface area contributed by atoms with Gasteiger partial charge in [-0.05, 0) is 42.3 Å². The molecule has 0 saturated carbocycles. The number of carbonyl (C=O) groups is 1. The molecule has 5 nitrogen and oxygen atoms in total. The molecule has 0 aliphatic carbocycles.